The number of hydrogen-bond acceptors (Lipinski definition) is 7. The molecule has 4 amide bonds. The number of nitrogens with one attached hydrogen (secondary N) is 3. The molecule has 1 aliphatic rings. The van der Waals surface area contributed by atoms with Crippen LogP contribution in [0.15, 0.2) is 97.1 Å². The molecular formula is C53H59ClN9O5+. The van der Waals surface area contributed by atoms with Crippen molar-refractivity contribution in [2.45, 2.75) is 58.8 Å². The Labute approximate surface area is 402 Å². The number of fused-ring (bicyclic) bond motifs is 1. The number of quaternary nitrogens is 1. The molecule has 0 saturated carbocycles. The lowest BCUT2D eigenvalue weighted by atomic mass is 9.90. The molecule has 4 aromatic carbocycles. The van der Waals surface area contributed by atoms with Gasteiger partial charge in [-0.1, -0.05) is 41.9 Å². The normalized spacial score (nSPS) is 13.4. The standard InChI is InChI=1S/C53H58ClN9O5/c1-34-47(53(68)62(42-17-19-45(65)20-18-42)49-26-44(28-55)59(4)35(49)2)27-50(60(34)5)48-25-40(54)15-21-46(48)52(67)61-31-37-12-9-8-11-36(37)24-43(61)13-10-22-63(6,7)32-38-14-16-41(23-39(38)29-56-3)58-51(66)30-57-33-64/h8-9,11-12,14-21,23,25-27,33,43,56H,10,13,22,24,29-32H2,1-7H3,(H2-,57,58,64,65,66)/p+1. The molecule has 1 aliphatic heterocycles. The number of amides is 4. The van der Waals surface area contributed by atoms with Gasteiger partial charge in [-0.3, -0.25) is 24.1 Å². The summed E-state index contributed by atoms with van der Waals surface area (Å²) < 4.78 is 4.35. The third kappa shape index (κ3) is 10.5. The molecule has 0 spiro atoms. The number of rotatable bonds is 17. The summed E-state index contributed by atoms with van der Waals surface area (Å²) in [5.41, 5.74) is 10.1. The van der Waals surface area contributed by atoms with Crippen molar-refractivity contribution in [2.75, 3.05) is 44.4 Å². The Morgan fingerprint density at radius 2 is 1.65 bits per heavy atom. The molecule has 1 atom stereocenters. The Hall–Kier alpha value is -7.18. The van der Waals surface area contributed by atoms with Crippen LogP contribution in [-0.4, -0.2) is 88.0 Å². The van der Waals surface area contributed by atoms with E-state index in [1.165, 1.54) is 17.7 Å². The predicted molar refractivity (Wildman–Crippen MR) is 266 cm³/mol. The van der Waals surface area contributed by atoms with Gasteiger partial charge in [-0.25, -0.2) is 0 Å². The highest BCUT2D eigenvalue weighted by Gasteiger charge is 2.34. The second-order valence-electron chi connectivity index (χ2n) is 18.2. The van der Waals surface area contributed by atoms with E-state index < -0.39 is 0 Å². The van der Waals surface area contributed by atoms with Gasteiger partial charge in [-0.15, -0.1) is 0 Å². The Kier molecular flexibility index (Phi) is 14.9. The minimum atomic E-state index is -0.346. The van der Waals surface area contributed by atoms with Gasteiger partial charge >= 0.3 is 0 Å². The quantitative estimate of drug-likeness (QED) is 0.0534. The molecule has 0 bridgehead atoms. The number of hydrogen-bond donors (Lipinski definition) is 4. The molecule has 15 heteroatoms. The van der Waals surface area contributed by atoms with Crippen molar-refractivity contribution in [3.8, 4) is 23.1 Å². The van der Waals surface area contributed by atoms with Crippen LogP contribution >= 0.6 is 11.6 Å². The van der Waals surface area contributed by atoms with Crippen molar-refractivity contribution in [1.29, 1.82) is 5.26 Å². The molecule has 1 unspecified atom stereocenters. The van der Waals surface area contributed by atoms with Crippen molar-refractivity contribution in [1.82, 2.24) is 24.7 Å². The SMILES string of the molecule is CNCc1cc(NC(=O)CNC=O)ccc1C[N+](C)(C)CCCC1Cc2ccccc2CN1C(=O)c1ccc(Cl)cc1-c1cc(C(=O)N(c2ccc(O)cc2)c2cc(C#N)n(C)c2C)c(C)n1C. The van der Waals surface area contributed by atoms with E-state index in [1.807, 2.05) is 67.7 Å². The fourth-order valence-corrected chi connectivity index (χ4v) is 9.45. The van der Waals surface area contributed by atoms with E-state index in [0.717, 1.165) is 42.6 Å². The molecule has 0 saturated heterocycles. The molecule has 7 rings (SSSR count). The molecule has 3 heterocycles. The van der Waals surface area contributed by atoms with Crippen LogP contribution in [0.2, 0.25) is 5.02 Å². The third-order valence-corrected chi connectivity index (χ3v) is 13.4. The van der Waals surface area contributed by atoms with Crippen LogP contribution in [0.4, 0.5) is 17.1 Å². The van der Waals surface area contributed by atoms with Crippen LogP contribution in [0, 0.1) is 25.2 Å². The summed E-state index contributed by atoms with van der Waals surface area (Å²) in [4.78, 5) is 56.6. The van der Waals surface area contributed by atoms with Crippen molar-refractivity contribution in [2.24, 2.45) is 14.1 Å². The van der Waals surface area contributed by atoms with Crippen LogP contribution in [0.1, 0.15) is 72.9 Å². The lowest BCUT2D eigenvalue weighted by Crippen LogP contribution is -2.45. The smallest absolute Gasteiger partial charge is 0.264 e. The van der Waals surface area contributed by atoms with E-state index in [2.05, 4.69) is 48.2 Å². The highest BCUT2D eigenvalue weighted by atomic mass is 35.5. The average Bonchev–Trinajstić information content (AvgIpc) is 3.78. The van der Waals surface area contributed by atoms with E-state index >= 15 is 4.79 Å². The summed E-state index contributed by atoms with van der Waals surface area (Å²) in [6.07, 6.45) is 2.84. The van der Waals surface area contributed by atoms with Crippen molar-refractivity contribution < 1.29 is 28.8 Å². The number of aromatic hydroxyl groups is 1. The number of carbonyl (C=O) groups excluding carboxylic acids is 4. The molecule has 14 nitrogen and oxygen atoms in total. The molecule has 352 valence electrons. The number of anilines is 3. The first-order valence-corrected chi connectivity index (χ1v) is 23.0. The first kappa shape index (κ1) is 48.7. The van der Waals surface area contributed by atoms with Gasteiger partial charge in [0.2, 0.25) is 12.3 Å². The highest BCUT2D eigenvalue weighted by molar-refractivity contribution is 6.31. The van der Waals surface area contributed by atoms with Gasteiger partial charge in [-0.05, 0) is 124 Å². The lowest BCUT2D eigenvalue weighted by molar-refractivity contribution is -0.903. The number of benzene rings is 4. The van der Waals surface area contributed by atoms with Gasteiger partial charge in [0, 0.05) is 83.4 Å². The van der Waals surface area contributed by atoms with Crippen LogP contribution in [0.25, 0.3) is 11.3 Å². The molecule has 68 heavy (non-hydrogen) atoms. The van der Waals surface area contributed by atoms with Gasteiger partial charge in [0.25, 0.3) is 11.8 Å². The molecule has 6 aromatic rings. The number of aromatic nitrogens is 2. The van der Waals surface area contributed by atoms with E-state index in [1.54, 1.807) is 59.0 Å². The van der Waals surface area contributed by atoms with Crippen LogP contribution < -0.4 is 20.9 Å². The number of phenolic OH excluding ortho intramolecular Hbond substituents is 1. The molecule has 0 radical (unpaired) electrons. The fourth-order valence-electron chi connectivity index (χ4n) is 9.28. The maximum Gasteiger partial charge on any atom is 0.264 e. The Morgan fingerprint density at radius 3 is 2.34 bits per heavy atom. The zero-order chi connectivity index (χ0) is 48.9. The van der Waals surface area contributed by atoms with Gasteiger partial charge in [0.1, 0.15) is 24.1 Å². The Bertz CT molecular complexity index is 2910. The van der Waals surface area contributed by atoms with E-state index in [0.29, 0.717) is 92.0 Å². The van der Waals surface area contributed by atoms with Crippen LogP contribution in [0.3, 0.4) is 0 Å². The summed E-state index contributed by atoms with van der Waals surface area (Å²) in [5.74, 6) is -0.724. The predicted octanol–water partition coefficient (Wildman–Crippen LogP) is 7.88. The van der Waals surface area contributed by atoms with Crippen molar-refractivity contribution >= 4 is 52.8 Å². The van der Waals surface area contributed by atoms with Gasteiger partial charge in [0.15, 0.2) is 0 Å². The zero-order valence-electron chi connectivity index (χ0n) is 39.7. The van der Waals surface area contributed by atoms with Gasteiger partial charge in [-0.2, -0.15) is 5.26 Å². The molecular weight excluding hydrogens is 878 g/mol. The summed E-state index contributed by atoms with van der Waals surface area (Å²) in [6, 6.07) is 31.5. The minimum Gasteiger partial charge on any atom is -0.508 e. The van der Waals surface area contributed by atoms with Crippen LogP contribution in [0.5, 0.6) is 5.75 Å². The number of nitriles is 1. The maximum atomic E-state index is 15.2. The highest BCUT2D eigenvalue weighted by Crippen LogP contribution is 2.38. The summed E-state index contributed by atoms with van der Waals surface area (Å²) in [5, 5.41) is 29.0. The number of nitrogens with zero attached hydrogens (tertiary/aromatic N) is 6. The van der Waals surface area contributed by atoms with Gasteiger partial charge in [0.05, 0.1) is 38.4 Å². The first-order valence-electron chi connectivity index (χ1n) is 22.6. The second-order valence-corrected chi connectivity index (χ2v) is 18.6. The zero-order valence-corrected chi connectivity index (χ0v) is 40.4. The third-order valence-electron chi connectivity index (χ3n) is 13.1. The topological polar surface area (TPSA) is 165 Å². The fraction of sp³-hybridized carbons (Fsp3) is 0.302. The summed E-state index contributed by atoms with van der Waals surface area (Å²) in [7, 11) is 9.95. The first-order chi connectivity index (χ1) is 32.5. The van der Waals surface area contributed by atoms with E-state index in [-0.39, 0.29) is 36.1 Å². The van der Waals surface area contributed by atoms with Crippen molar-refractivity contribution in [3.05, 3.63) is 153 Å². The van der Waals surface area contributed by atoms with E-state index in [4.69, 9.17) is 11.6 Å². The molecule has 0 fully saturated rings. The maximum absolute atomic E-state index is 15.2. The number of phenols is 1. The Balaban J connectivity index is 1.16. The molecule has 0 aliphatic carbocycles. The van der Waals surface area contributed by atoms with Gasteiger partial charge < -0.3 is 39.6 Å². The average molecular weight is 938 g/mol. The van der Waals surface area contributed by atoms with Crippen LogP contribution in [-0.2, 0) is 49.7 Å². The monoisotopic (exact) mass is 936 g/mol. The summed E-state index contributed by atoms with van der Waals surface area (Å²) in [6.45, 7) is 6.27. The molecule has 4 N–H and O–H groups in total. The lowest BCUT2D eigenvalue weighted by Gasteiger charge is -2.38. The number of halogens is 1. The Morgan fingerprint density at radius 1 is 0.912 bits per heavy atom. The minimum absolute atomic E-state index is 0.0525. The van der Waals surface area contributed by atoms with E-state index in [9.17, 15) is 24.8 Å². The largest absolute Gasteiger partial charge is 0.508 e. The second kappa shape index (κ2) is 20.8. The summed E-state index contributed by atoms with van der Waals surface area (Å²) >= 11 is 6.73. The number of carbonyl (C=O) groups is 4. The molecule has 2 aromatic heterocycles. The van der Waals surface area contributed by atoms with Crippen molar-refractivity contribution in [3.63, 3.8) is 0 Å².